The highest BCUT2D eigenvalue weighted by molar-refractivity contribution is 5.93. The maximum absolute atomic E-state index is 13.5. The van der Waals surface area contributed by atoms with Crippen molar-refractivity contribution in [3.05, 3.63) is 41.5 Å². The third kappa shape index (κ3) is 3.78. The highest BCUT2D eigenvalue weighted by Gasteiger charge is 2.17. The first-order valence-electron chi connectivity index (χ1n) is 5.61. The smallest absolute Gasteiger partial charge is 0.338 e. The Morgan fingerprint density at radius 3 is 2.45 bits per heavy atom. The number of urea groups is 1. The van der Waals surface area contributed by atoms with Gasteiger partial charge in [0.15, 0.2) is 0 Å². The average molecular weight is 284 g/mol. The first-order chi connectivity index (χ1) is 9.22. The fraction of sp³-hybridized carbons (Fsp3) is 0.231. The highest BCUT2D eigenvalue weighted by atomic mass is 19.1. The minimum atomic E-state index is -1.55. The van der Waals surface area contributed by atoms with Gasteiger partial charge in [-0.3, -0.25) is 0 Å². The number of benzene rings is 1. The summed E-state index contributed by atoms with van der Waals surface area (Å²) in [5.41, 5.74) is -0.403. The molecule has 108 valence electrons. The second-order valence-electron chi connectivity index (χ2n) is 4.36. The van der Waals surface area contributed by atoms with E-state index in [1.807, 2.05) is 0 Å². The molecule has 0 atom stereocenters. The molecule has 2 N–H and O–H groups in total. The number of amides is 2. The lowest BCUT2D eigenvalue weighted by Crippen LogP contribution is -2.32. The molecule has 0 bridgehead atoms. The van der Waals surface area contributed by atoms with Crippen LogP contribution in [0.5, 0.6) is 0 Å². The minimum Gasteiger partial charge on any atom is -0.478 e. The summed E-state index contributed by atoms with van der Waals surface area (Å²) in [5, 5.41) is 10.9. The monoisotopic (exact) mass is 284 g/mol. The Kier molecular flexibility index (Phi) is 4.79. The molecule has 5 nitrogen and oxygen atoms in total. The molecule has 7 heteroatoms. The second kappa shape index (κ2) is 6.14. The largest absolute Gasteiger partial charge is 0.478 e. The van der Waals surface area contributed by atoms with Crippen LogP contribution in [0.15, 0.2) is 24.3 Å². The molecule has 0 spiro atoms. The topological polar surface area (TPSA) is 69.6 Å². The Labute approximate surface area is 114 Å². The molecule has 0 saturated heterocycles. The molecule has 0 aliphatic heterocycles. The van der Waals surface area contributed by atoms with Crippen LogP contribution >= 0.6 is 0 Å². The van der Waals surface area contributed by atoms with E-state index in [2.05, 4.69) is 11.9 Å². The lowest BCUT2D eigenvalue weighted by Gasteiger charge is -2.18. The molecule has 0 aromatic heterocycles. The van der Waals surface area contributed by atoms with Gasteiger partial charge in [-0.15, -0.1) is 0 Å². The van der Waals surface area contributed by atoms with E-state index >= 15 is 0 Å². The number of likely N-dealkylation sites (N-methyl/N-ethyl adjacent to an activating group) is 1. The average Bonchev–Trinajstić information content (AvgIpc) is 2.30. The van der Waals surface area contributed by atoms with Crippen molar-refractivity contribution in [3.63, 3.8) is 0 Å². The molecule has 0 heterocycles. The van der Waals surface area contributed by atoms with Gasteiger partial charge in [-0.2, -0.15) is 0 Å². The van der Waals surface area contributed by atoms with Gasteiger partial charge in [-0.05, 0) is 13.0 Å². The first kappa shape index (κ1) is 15.6. The lowest BCUT2D eigenvalue weighted by atomic mass is 10.2. The van der Waals surface area contributed by atoms with Gasteiger partial charge in [0.25, 0.3) is 0 Å². The number of aromatic carboxylic acids is 1. The lowest BCUT2D eigenvalue weighted by molar-refractivity contribution is 0.0692. The van der Waals surface area contributed by atoms with Gasteiger partial charge < -0.3 is 15.3 Å². The van der Waals surface area contributed by atoms with Crippen LogP contribution in [0.25, 0.3) is 0 Å². The molecule has 0 aliphatic rings. The van der Waals surface area contributed by atoms with Crippen LogP contribution in [0.1, 0.15) is 17.3 Å². The molecule has 0 saturated carbocycles. The molecular weight excluding hydrogens is 270 g/mol. The van der Waals surface area contributed by atoms with Gasteiger partial charge in [-0.25, -0.2) is 18.4 Å². The Morgan fingerprint density at radius 2 is 1.95 bits per heavy atom. The van der Waals surface area contributed by atoms with Gasteiger partial charge in [-0.1, -0.05) is 12.2 Å². The van der Waals surface area contributed by atoms with E-state index in [1.165, 1.54) is 11.9 Å². The van der Waals surface area contributed by atoms with Gasteiger partial charge >= 0.3 is 12.0 Å². The van der Waals surface area contributed by atoms with Crippen LogP contribution in [0.2, 0.25) is 0 Å². The predicted molar refractivity (Wildman–Crippen MR) is 69.8 cm³/mol. The summed E-state index contributed by atoms with van der Waals surface area (Å²) < 4.78 is 26.7. The molecule has 1 rings (SSSR count). The van der Waals surface area contributed by atoms with E-state index in [9.17, 15) is 18.4 Å². The third-order valence-electron chi connectivity index (χ3n) is 2.38. The summed E-state index contributed by atoms with van der Waals surface area (Å²) >= 11 is 0. The Bertz CT molecular complexity index is 573. The molecule has 1 aromatic rings. The zero-order chi connectivity index (χ0) is 15.4. The fourth-order valence-electron chi connectivity index (χ4n) is 1.50. The van der Waals surface area contributed by atoms with Gasteiger partial charge in [0.2, 0.25) is 0 Å². The van der Waals surface area contributed by atoms with Crippen molar-refractivity contribution >= 4 is 17.7 Å². The van der Waals surface area contributed by atoms with Crippen molar-refractivity contribution in [2.45, 2.75) is 6.92 Å². The Morgan fingerprint density at radius 1 is 1.35 bits per heavy atom. The van der Waals surface area contributed by atoms with E-state index in [1.54, 1.807) is 6.92 Å². The summed E-state index contributed by atoms with van der Waals surface area (Å²) in [6.45, 7) is 5.59. The standard InChI is InChI=1S/C13H14F2N2O3/c1-7(2)6-17(3)13(20)16-11-4-8(12(18)19)9(14)5-10(11)15/h4-5H,1,6H2,2-3H3,(H,16,20)(H,18,19). The summed E-state index contributed by atoms with van der Waals surface area (Å²) in [5.74, 6) is -3.80. The fourth-order valence-corrected chi connectivity index (χ4v) is 1.50. The zero-order valence-electron chi connectivity index (χ0n) is 11.0. The van der Waals surface area contributed by atoms with Gasteiger partial charge in [0, 0.05) is 19.7 Å². The number of hydrogen-bond acceptors (Lipinski definition) is 2. The molecule has 0 unspecified atom stereocenters. The van der Waals surface area contributed by atoms with Crippen molar-refractivity contribution in [1.82, 2.24) is 4.90 Å². The Hall–Kier alpha value is -2.44. The van der Waals surface area contributed by atoms with Crippen molar-refractivity contribution in [2.75, 3.05) is 18.9 Å². The number of nitrogens with one attached hydrogen (secondary N) is 1. The van der Waals surface area contributed by atoms with E-state index in [0.717, 1.165) is 6.07 Å². The number of nitrogens with zero attached hydrogens (tertiary/aromatic N) is 1. The van der Waals surface area contributed by atoms with E-state index in [0.29, 0.717) is 11.6 Å². The molecule has 0 fully saturated rings. The normalized spacial score (nSPS) is 10.0. The number of carboxylic acids is 1. The van der Waals surface area contributed by atoms with E-state index in [4.69, 9.17) is 5.11 Å². The van der Waals surface area contributed by atoms with Crippen LogP contribution < -0.4 is 5.32 Å². The molecule has 0 aliphatic carbocycles. The van der Waals surface area contributed by atoms with Crippen LogP contribution in [-0.2, 0) is 0 Å². The van der Waals surface area contributed by atoms with Crippen molar-refractivity contribution in [1.29, 1.82) is 0 Å². The number of carbonyl (C=O) groups is 2. The molecule has 1 aromatic carbocycles. The first-order valence-corrected chi connectivity index (χ1v) is 5.61. The summed E-state index contributed by atoms with van der Waals surface area (Å²) in [6.07, 6.45) is 0. The summed E-state index contributed by atoms with van der Waals surface area (Å²) in [4.78, 5) is 23.7. The minimum absolute atomic E-state index is 0.250. The van der Waals surface area contributed by atoms with E-state index in [-0.39, 0.29) is 6.54 Å². The summed E-state index contributed by atoms with van der Waals surface area (Å²) in [7, 11) is 1.46. The molecule has 20 heavy (non-hydrogen) atoms. The zero-order valence-corrected chi connectivity index (χ0v) is 11.0. The second-order valence-corrected chi connectivity index (χ2v) is 4.36. The van der Waals surface area contributed by atoms with Crippen LogP contribution in [0.3, 0.4) is 0 Å². The van der Waals surface area contributed by atoms with Crippen molar-refractivity contribution < 1.29 is 23.5 Å². The maximum Gasteiger partial charge on any atom is 0.338 e. The van der Waals surface area contributed by atoms with Crippen molar-refractivity contribution in [2.24, 2.45) is 0 Å². The van der Waals surface area contributed by atoms with Crippen molar-refractivity contribution in [3.8, 4) is 0 Å². The Balaban J connectivity index is 2.97. The number of rotatable bonds is 4. The third-order valence-corrected chi connectivity index (χ3v) is 2.38. The molecule has 2 amide bonds. The molecular formula is C13H14F2N2O3. The van der Waals surface area contributed by atoms with Crippen LogP contribution in [0.4, 0.5) is 19.3 Å². The number of anilines is 1. The van der Waals surface area contributed by atoms with E-state index < -0.39 is 34.9 Å². The van der Waals surface area contributed by atoms with Gasteiger partial charge in [0.1, 0.15) is 11.6 Å². The maximum atomic E-state index is 13.5. The molecule has 0 radical (unpaired) electrons. The highest BCUT2D eigenvalue weighted by Crippen LogP contribution is 2.20. The summed E-state index contributed by atoms with van der Waals surface area (Å²) in [6, 6.07) is 0.493. The predicted octanol–water partition coefficient (Wildman–Crippen LogP) is 2.70. The van der Waals surface area contributed by atoms with Crippen LogP contribution in [-0.4, -0.2) is 35.6 Å². The number of hydrogen-bond donors (Lipinski definition) is 2. The number of halogens is 2. The quantitative estimate of drug-likeness (QED) is 0.835. The van der Waals surface area contributed by atoms with Crippen LogP contribution in [0, 0.1) is 11.6 Å². The number of carboxylic acid groups (broad SMARTS) is 1. The number of carbonyl (C=O) groups excluding carboxylic acids is 1. The van der Waals surface area contributed by atoms with Gasteiger partial charge in [0.05, 0.1) is 11.3 Å². The SMILES string of the molecule is C=C(C)CN(C)C(=O)Nc1cc(C(=O)O)c(F)cc1F.